The van der Waals surface area contributed by atoms with Gasteiger partial charge in [-0.3, -0.25) is 10.3 Å². The molecule has 0 bridgehead atoms. The number of aromatic nitrogens is 1. The van der Waals surface area contributed by atoms with Gasteiger partial charge in [0.1, 0.15) is 0 Å². The van der Waals surface area contributed by atoms with Gasteiger partial charge < -0.3 is 9.47 Å². The second-order valence-electron chi connectivity index (χ2n) is 5.89. The Labute approximate surface area is 120 Å². The molecule has 1 unspecified atom stereocenters. The lowest BCUT2D eigenvalue weighted by Gasteiger charge is -2.46. The largest absolute Gasteiger partial charge is 0.378 e. The minimum Gasteiger partial charge on any atom is -0.378 e. The minimum absolute atomic E-state index is 0.0223. The third-order valence-electron chi connectivity index (χ3n) is 4.51. The van der Waals surface area contributed by atoms with Crippen LogP contribution in [0.2, 0.25) is 0 Å². The zero-order chi connectivity index (χ0) is 13.8. The molecule has 2 aliphatic rings. The third-order valence-corrected chi connectivity index (χ3v) is 4.51. The molecule has 1 aliphatic heterocycles. The van der Waals surface area contributed by atoms with Gasteiger partial charge in [-0.25, -0.2) is 0 Å². The lowest BCUT2D eigenvalue weighted by Crippen LogP contribution is -2.50. The van der Waals surface area contributed by atoms with Crippen molar-refractivity contribution >= 4 is 0 Å². The summed E-state index contributed by atoms with van der Waals surface area (Å²) in [4.78, 5) is 4.55. The van der Waals surface area contributed by atoms with E-state index in [9.17, 15) is 0 Å². The SMILES string of the molecule is CCO[C@H]1C[C@@H](c2ccccn2)CC2(CCNCO2)C1. The molecule has 1 aromatic heterocycles. The van der Waals surface area contributed by atoms with E-state index in [1.807, 2.05) is 12.3 Å². The van der Waals surface area contributed by atoms with E-state index in [1.54, 1.807) is 0 Å². The molecule has 3 rings (SSSR count). The van der Waals surface area contributed by atoms with Crippen LogP contribution in [0.5, 0.6) is 0 Å². The molecule has 0 aromatic carbocycles. The molecule has 0 amide bonds. The second-order valence-corrected chi connectivity index (χ2v) is 5.89. The average Bonchev–Trinajstić information content (AvgIpc) is 2.49. The molecular weight excluding hydrogens is 252 g/mol. The van der Waals surface area contributed by atoms with E-state index < -0.39 is 0 Å². The van der Waals surface area contributed by atoms with Gasteiger partial charge in [0.25, 0.3) is 0 Å². The van der Waals surface area contributed by atoms with Crippen LogP contribution in [-0.2, 0) is 9.47 Å². The average molecular weight is 276 g/mol. The fourth-order valence-corrected chi connectivity index (χ4v) is 3.62. The van der Waals surface area contributed by atoms with Gasteiger partial charge in [0, 0.05) is 30.8 Å². The summed E-state index contributed by atoms with van der Waals surface area (Å²) in [6.07, 6.45) is 6.39. The smallest absolute Gasteiger partial charge is 0.0972 e. The highest BCUT2D eigenvalue weighted by atomic mass is 16.5. The molecule has 2 heterocycles. The predicted molar refractivity (Wildman–Crippen MR) is 77.5 cm³/mol. The van der Waals surface area contributed by atoms with E-state index in [4.69, 9.17) is 9.47 Å². The lowest BCUT2D eigenvalue weighted by molar-refractivity contribution is -0.142. The molecule has 3 atom stereocenters. The molecule has 4 heteroatoms. The van der Waals surface area contributed by atoms with Crippen LogP contribution in [0.3, 0.4) is 0 Å². The summed E-state index contributed by atoms with van der Waals surface area (Å²) in [5.74, 6) is 0.444. The van der Waals surface area contributed by atoms with E-state index in [1.165, 1.54) is 5.69 Å². The van der Waals surface area contributed by atoms with E-state index >= 15 is 0 Å². The van der Waals surface area contributed by atoms with Crippen molar-refractivity contribution in [3.63, 3.8) is 0 Å². The zero-order valence-corrected chi connectivity index (χ0v) is 12.2. The zero-order valence-electron chi connectivity index (χ0n) is 12.2. The molecule has 4 nitrogen and oxygen atoms in total. The number of ether oxygens (including phenoxy) is 2. The van der Waals surface area contributed by atoms with Crippen molar-refractivity contribution in [2.75, 3.05) is 19.9 Å². The Morgan fingerprint density at radius 3 is 3.10 bits per heavy atom. The molecular formula is C16H24N2O2. The van der Waals surface area contributed by atoms with Gasteiger partial charge in [-0.2, -0.15) is 0 Å². The van der Waals surface area contributed by atoms with Crippen molar-refractivity contribution in [3.8, 4) is 0 Å². The second kappa shape index (κ2) is 6.20. The number of nitrogens with zero attached hydrogens (tertiary/aromatic N) is 1. The van der Waals surface area contributed by atoms with Crippen LogP contribution in [0.25, 0.3) is 0 Å². The monoisotopic (exact) mass is 276 g/mol. The summed E-state index contributed by atoms with van der Waals surface area (Å²) >= 11 is 0. The summed E-state index contributed by atoms with van der Waals surface area (Å²) in [6, 6.07) is 6.18. The van der Waals surface area contributed by atoms with Crippen LogP contribution in [0, 0.1) is 0 Å². The Balaban J connectivity index is 1.79. The molecule has 110 valence electrons. The highest BCUT2D eigenvalue weighted by molar-refractivity contribution is 5.13. The minimum atomic E-state index is -0.0223. The maximum Gasteiger partial charge on any atom is 0.0972 e. The molecule has 1 saturated carbocycles. The van der Waals surface area contributed by atoms with Crippen molar-refractivity contribution < 1.29 is 9.47 Å². The highest BCUT2D eigenvalue weighted by Crippen LogP contribution is 2.43. The fourth-order valence-electron chi connectivity index (χ4n) is 3.62. The molecule has 1 N–H and O–H groups in total. The Hall–Kier alpha value is -0.970. The van der Waals surface area contributed by atoms with Crippen LogP contribution in [0.15, 0.2) is 24.4 Å². The van der Waals surface area contributed by atoms with Crippen LogP contribution in [-0.4, -0.2) is 36.6 Å². The number of nitrogens with one attached hydrogen (secondary N) is 1. The Morgan fingerprint density at radius 2 is 2.40 bits per heavy atom. The Morgan fingerprint density at radius 1 is 1.45 bits per heavy atom. The van der Waals surface area contributed by atoms with Gasteiger partial charge in [-0.15, -0.1) is 0 Å². The first kappa shape index (κ1) is 14.0. The van der Waals surface area contributed by atoms with Crippen molar-refractivity contribution in [1.82, 2.24) is 10.3 Å². The van der Waals surface area contributed by atoms with E-state index in [2.05, 4.69) is 29.4 Å². The number of hydrogen-bond acceptors (Lipinski definition) is 4. The standard InChI is InChI=1S/C16H24N2O2/c1-2-19-14-9-13(15-5-3-4-7-18-15)10-16(11-14)6-8-17-12-20-16/h3-5,7,13-14,17H,2,6,8-12H2,1H3/t13-,14+,16?/m1/s1. The highest BCUT2D eigenvalue weighted by Gasteiger charge is 2.43. The van der Waals surface area contributed by atoms with E-state index in [0.29, 0.717) is 18.8 Å². The normalized spacial score (nSPS) is 34.2. The van der Waals surface area contributed by atoms with Crippen molar-refractivity contribution in [2.24, 2.45) is 0 Å². The van der Waals surface area contributed by atoms with Crippen LogP contribution in [0.1, 0.15) is 44.2 Å². The van der Waals surface area contributed by atoms with E-state index in [-0.39, 0.29) is 5.60 Å². The molecule has 20 heavy (non-hydrogen) atoms. The van der Waals surface area contributed by atoms with Gasteiger partial charge in [-0.1, -0.05) is 6.07 Å². The maximum absolute atomic E-state index is 6.12. The third kappa shape index (κ3) is 3.03. The van der Waals surface area contributed by atoms with Gasteiger partial charge >= 0.3 is 0 Å². The quantitative estimate of drug-likeness (QED) is 0.921. The van der Waals surface area contributed by atoms with Crippen LogP contribution in [0.4, 0.5) is 0 Å². The molecule has 1 saturated heterocycles. The summed E-state index contributed by atoms with van der Waals surface area (Å²) in [5.41, 5.74) is 1.16. The summed E-state index contributed by atoms with van der Waals surface area (Å²) in [5, 5.41) is 3.28. The van der Waals surface area contributed by atoms with Crippen molar-refractivity contribution in [1.29, 1.82) is 0 Å². The number of rotatable bonds is 3. The molecule has 1 aliphatic carbocycles. The van der Waals surface area contributed by atoms with Crippen molar-refractivity contribution in [2.45, 2.75) is 50.2 Å². The van der Waals surface area contributed by atoms with Crippen LogP contribution < -0.4 is 5.32 Å². The summed E-state index contributed by atoms with van der Waals surface area (Å²) in [7, 11) is 0. The van der Waals surface area contributed by atoms with Gasteiger partial charge in [0.2, 0.25) is 0 Å². The summed E-state index contributed by atoms with van der Waals surface area (Å²) in [6.45, 7) is 4.54. The molecule has 2 fully saturated rings. The van der Waals surface area contributed by atoms with Gasteiger partial charge in [0.05, 0.1) is 18.4 Å². The predicted octanol–water partition coefficient (Wildman–Crippen LogP) is 2.46. The first-order chi connectivity index (χ1) is 9.81. The molecule has 1 aromatic rings. The lowest BCUT2D eigenvalue weighted by atomic mass is 9.73. The molecule has 0 radical (unpaired) electrons. The topological polar surface area (TPSA) is 43.4 Å². The first-order valence-electron chi connectivity index (χ1n) is 7.68. The number of hydrogen-bond donors (Lipinski definition) is 1. The fraction of sp³-hybridized carbons (Fsp3) is 0.688. The first-order valence-corrected chi connectivity index (χ1v) is 7.68. The van der Waals surface area contributed by atoms with E-state index in [0.717, 1.165) is 38.8 Å². The number of pyridine rings is 1. The van der Waals surface area contributed by atoms with Crippen molar-refractivity contribution in [3.05, 3.63) is 30.1 Å². The summed E-state index contributed by atoms with van der Waals surface area (Å²) < 4.78 is 12.0. The maximum atomic E-state index is 6.12. The van der Waals surface area contributed by atoms with Gasteiger partial charge in [-0.05, 0) is 44.9 Å². The Bertz CT molecular complexity index is 418. The molecule has 1 spiro atoms. The Kier molecular flexibility index (Phi) is 4.34. The van der Waals surface area contributed by atoms with Gasteiger partial charge in [0.15, 0.2) is 0 Å². The van der Waals surface area contributed by atoms with Crippen LogP contribution >= 0.6 is 0 Å².